The van der Waals surface area contributed by atoms with Crippen molar-refractivity contribution < 1.29 is 23.7 Å². The highest BCUT2D eigenvalue weighted by Gasteiger charge is 2.54. The molecule has 1 aliphatic heterocycles. The Balaban J connectivity index is 1.80. The molecule has 1 atom stereocenters. The first-order valence-electron chi connectivity index (χ1n) is 10.5. The zero-order chi connectivity index (χ0) is 19.6. The lowest BCUT2D eigenvalue weighted by Crippen LogP contribution is -2.53. The molecular formula is C22H29ClO5. The summed E-state index contributed by atoms with van der Waals surface area (Å²) < 4.78 is 22.5. The summed E-state index contributed by atoms with van der Waals surface area (Å²) in [7, 11) is 1.29. The van der Waals surface area contributed by atoms with Gasteiger partial charge < -0.3 is 14.2 Å². The number of benzene rings is 1. The van der Waals surface area contributed by atoms with Crippen molar-refractivity contribution in [1.29, 1.82) is 0 Å². The van der Waals surface area contributed by atoms with Crippen LogP contribution in [0.4, 0.5) is 4.79 Å². The molecule has 0 N–H and O–H groups in total. The Morgan fingerprint density at radius 1 is 1.04 bits per heavy atom. The van der Waals surface area contributed by atoms with Crippen LogP contribution in [0.5, 0.6) is 5.75 Å². The van der Waals surface area contributed by atoms with Gasteiger partial charge in [0.15, 0.2) is 0 Å². The van der Waals surface area contributed by atoms with Crippen molar-refractivity contribution >= 4 is 17.8 Å². The molecule has 2 aliphatic carbocycles. The fourth-order valence-corrected chi connectivity index (χ4v) is 5.64. The van der Waals surface area contributed by atoms with Crippen LogP contribution in [0, 0.1) is 11.8 Å². The van der Waals surface area contributed by atoms with Crippen molar-refractivity contribution in [2.24, 2.45) is 11.8 Å². The third-order valence-electron chi connectivity index (χ3n) is 6.66. The second-order valence-corrected chi connectivity index (χ2v) is 8.64. The maximum atomic E-state index is 11.8. The minimum atomic E-state index is -1.11. The van der Waals surface area contributed by atoms with E-state index in [1.807, 2.05) is 18.2 Å². The van der Waals surface area contributed by atoms with Crippen LogP contribution in [0.25, 0.3) is 0 Å². The van der Waals surface area contributed by atoms with Crippen LogP contribution in [0.15, 0.2) is 18.2 Å². The molecule has 1 heterocycles. The molecule has 1 aromatic rings. The van der Waals surface area contributed by atoms with Crippen LogP contribution in [0.1, 0.15) is 69.8 Å². The van der Waals surface area contributed by atoms with E-state index in [0.717, 1.165) is 31.2 Å². The van der Waals surface area contributed by atoms with E-state index in [2.05, 4.69) is 4.74 Å². The first-order valence-corrected chi connectivity index (χ1v) is 10.9. The minimum Gasteiger partial charge on any atom is -0.437 e. The number of carbonyl (C=O) groups is 1. The number of fused-ring (bicyclic) bond motifs is 1. The van der Waals surface area contributed by atoms with Gasteiger partial charge >= 0.3 is 12.6 Å². The molecule has 3 aliphatic rings. The maximum Gasteiger partial charge on any atom is 0.512 e. The smallest absolute Gasteiger partial charge is 0.437 e. The summed E-state index contributed by atoms with van der Waals surface area (Å²) in [4.78, 5) is 11.8. The van der Waals surface area contributed by atoms with E-state index in [9.17, 15) is 4.79 Å². The van der Waals surface area contributed by atoms with Crippen LogP contribution in [0.2, 0.25) is 5.02 Å². The van der Waals surface area contributed by atoms with Crippen LogP contribution in [0.3, 0.4) is 0 Å². The molecule has 5 nitrogen and oxygen atoms in total. The molecular weight excluding hydrogens is 380 g/mol. The topological polar surface area (TPSA) is 54.0 Å². The number of halogens is 1. The van der Waals surface area contributed by atoms with E-state index in [1.54, 1.807) is 0 Å². The van der Waals surface area contributed by atoms with Gasteiger partial charge in [0.1, 0.15) is 11.4 Å². The van der Waals surface area contributed by atoms with Crippen LogP contribution in [-0.2, 0) is 19.8 Å². The van der Waals surface area contributed by atoms with E-state index in [1.165, 1.54) is 45.6 Å². The van der Waals surface area contributed by atoms with Crippen molar-refractivity contribution in [2.75, 3.05) is 7.11 Å². The minimum absolute atomic E-state index is 0.356. The standard InChI is InChI=1S/C22H29ClO5/c1-25-20(24)27-21-26-19-13-12-17(23)14-18(19)22(28-21,15-8-4-2-5-9-15)16-10-6-3-7-11-16/h12-16,21H,2-11H2,1H3. The van der Waals surface area contributed by atoms with Crippen LogP contribution in [-0.4, -0.2) is 19.7 Å². The number of methoxy groups -OCH3 is 1. The molecule has 4 rings (SSSR count). The summed E-state index contributed by atoms with van der Waals surface area (Å²) in [5.41, 5.74) is 0.474. The monoisotopic (exact) mass is 408 g/mol. The van der Waals surface area contributed by atoms with E-state index >= 15 is 0 Å². The van der Waals surface area contributed by atoms with Crippen molar-refractivity contribution in [3.63, 3.8) is 0 Å². The second-order valence-electron chi connectivity index (χ2n) is 8.20. The highest BCUT2D eigenvalue weighted by Crippen LogP contribution is 2.56. The predicted molar refractivity (Wildman–Crippen MR) is 105 cm³/mol. The molecule has 0 bridgehead atoms. The van der Waals surface area contributed by atoms with E-state index in [0.29, 0.717) is 22.6 Å². The highest BCUT2D eigenvalue weighted by molar-refractivity contribution is 6.30. The normalized spacial score (nSPS) is 25.4. The van der Waals surface area contributed by atoms with Gasteiger partial charge in [-0.25, -0.2) is 4.79 Å². The van der Waals surface area contributed by atoms with Gasteiger partial charge in [0, 0.05) is 10.6 Å². The van der Waals surface area contributed by atoms with Gasteiger partial charge in [0.05, 0.1) is 7.11 Å². The summed E-state index contributed by atoms with van der Waals surface area (Å²) in [6, 6.07) is 5.68. The summed E-state index contributed by atoms with van der Waals surface area (Å²) in [5.74, 6) is 1.41. The number of hydrogen-bond donors (Lipinski definition) is 0. The Morgan fingerprint density at radius 3 is 2.21 bits per heavy atom. The third kappa shape index (κ3) is 3.71. The molecule has 28 heavy (non-hydrogen) atoms. The molecule has 2 saturated carbocycles. The lowest BCUT2D eigenvalue weighted by molar-refractivity contribution is -0.324. The molecule has 1 aromatic carbocycles. The molecule has 0 amide bonds. The fraction of sp³-hybridized carbons (Fsp3) is 0.682. The lowest BCUT2D eigenvalue weighted by atomic mass is 9.63. The molecule has 0 saturated heterocycles. The molecule has 6 heteroatoms. The van der Waals surface area contributed by atoms with Gasteiger partial charge in [-0.15, -0.1) is 0 Å². The molecule has 0 aromatic heterocycles. The predicted octanol–water partition coefficient (Wildman–Crippen LogP) is 6.17. The maximum absolute atomic E-state index is 11.8. The third-order valence-corrected chi connectivity index (χ3v) is 6.89. The number of carbonyl (C=O) groups excluding carboxylic acids is 1. The molecule has 1 unspecified atom stereocenters. The Morgan fingerprint density at radius 2 is 1.64 bits per heavy atom. The largest absolute Gasteiger partial charge is 0.512 e. The number of rotatable bonds is 3. The van der Waals surface area contributed by atoms with Crippen molar-refractivity contribution in [2.45, 2.75) is 76.3 Å². The quantitative estimate of drug-likeness (QED) is 0.559. The van der Waals surface area contributed by atoms with Crippen molar-refractivity contribution in [3.8, 4) is 5.75 Å². The molecule has 0 spiro atoms. The Bertz CT molecular complexity index is 676. The van der Waals surface area contributed by atoms with Gasteiger partial charge in [-0.1, -0.05) is 50.1 Å². The van der Waals surface area contributed by atoms with Crippen LogP contribution >= 0.6 is 11.6 Å². The van der Waals surface area contributed by atoms with Gasteiger partial charge in [0.25, 0.3) is 0 Å². The number of ether oxygens (including phenoxy) is 4. The average molecular weight is 409 g/mol. The average Bonchev–Trinajstić information content (AvgIpc) is 2.74. The first-order chi connectivity index (χ1) is 13.6. The first kappa shape index (κ1) is 19.8. The van der Waals surface area contributed by atoms with E-state index in [4.69, 9.17) is 25.8 Å². The SMILES string of the molecule is COC(=O)OC1Oc2ccc(Cl)cc2C(C2CCCCC2)(C2CCCCC2)O1. The molecule has 0 radical (unpaired) electrons. The molecule has 154 valence electrons. The summed E-state index contributed by atoms with van der Waals surface area (Å²) in [6.45, 7) is -1.11. The zero-order valence-electron chi connectivity index (χ0n) is 16.5. The van der Waals surface area contributed by atoms with Gasteiger partial charge in [-0.2, -0.15) is 0 Å². The zero-order valence-corrected chi connectivity index (χ0v) is 17.2. The van der Waals surface area contributed by atoms with E-state index in [-0.39, 0.29) is 0 Å². The molecule has 2 fully saturated rings. The van der Waals surface area contributed by atoms with Gasteiger partial charge in [-0.3, -0.25) is 4.74 Å². The Labute approximate surface area is 171 Å². The van der Waals surface area contributed by atoms with Crippen LogP contribution < -0.4 is 4.74 Å². The second kappa shape index (κ2) is 8.50. The van der Waals surface area contributed by atoms with Crippen molar-refractivity contribution in [3.05, 3.63) is 28.8 Å². The lowest BCUT2D eigenvalue weighted by Gasteiger charge is -2.52. The van der Waals surface area contributed by atoms with Gasteiger partial charge in [-0.05, 0) is 55.7 Å². The van der Waals surface area contributed by atoms with Gasteiger partial charge in [0.2, 0.25) is 0 Å². The summed E-state index contributed by atoms with van der Waals surface area (Å²) >= 11 is 6.41. The van der Waals surface area contributed by atoms with Crippen molar-refractivity contribution in [1.82, 2.24) is 0 Å². The fourth-order valence-electron chi connectivity index (χ4n) is 5.46. The summed E-state index contributed by atoms with van der Waals surface area (Å²) in [5, 5.41) is 0.675. The number of hydrogen-bond acceptors (Lipinski definition) is 5. The highest BCUT2D eigenvalue weighted by atomic mass is 35.5. The summed E-state index contributed by atoms with van der Waals surface area (Å²) in [6.07, 6.45) is 10.9. The Hall–Kier alpha value is -1.46. The van der Waals surface area contributed by atoms with E-state index < -0.39 is 18.2 Å². The Kier molecular flexibility index (Phi) is 6.02.